The molecule has 2 amide bonds. The van der Waals surface area contributed by atoms with Crippen molar-refractivity contribution in [1.29, 1.82) is 0 Å². The first kappa shape index (κ1) is 11.0. The third-order valence-electron chi connectivity index (χ3n) is 2.38. The Morgan fingerprint density at radius 3 is 2.64 bits per heavy atom. The van der Waals surface area contributed by atoms with Gasteiger partial charge in [0, 0.05) is 19.5 Å². The molecule has 0 aromatic heterocycles. The van der Waals surface area contributed by atoms with Crippen molar-refractivity contribution in [2.24, 2.45) is 0 Å². The lowest BCUT2D eigenvalue weighted by atomic mass is 10.0. The van der Waals surface area contributed by atoms with Crippen LogP contribution in [0.5, 0.6) is 0 Å². The number of carbonyl (C=O) groups is 2. The second-order valence-corrected chi connectivity index (χ2v) is 4.22. The summed E-state index contributed by atoms with van der Waals surface area (Å²) in [5.41, 5.74) is -0.747. The highest BCUT2D eigenvalue weighted by Gasteiger charge is 2.35. The van der Waals surface area contributed by atoms with Crippen LogP contribution in [0.15, 0.2) is 0 Å². The molecule has 1 aliphatic heterocycles. The van der Waals surface area contributed by atoms with Crippen molar-refractivity contribution in [1.82, 2.24) is 10.2 Å². The van der Waals surface area contributed by atoms with E-state index in [4.69, 9.17) is 0 Å². The van der Waals surface area contributed by atoms with E-state index in [1.807, 2.05) is 6.92 Å². The molecule has 1 fully saturated rings. The van der Waals surface area contributed by atoms with Gasteiger partial charge in [0.1, 0.15) is 5.54 Å². The maximum atomic E-state index is 11.9. The van der Waals surface area contributed by atoms with Crippen molar-refractivity contribution in [3.05, 3.63) is 0 Å². The van der Waals surface area contributed by atoms with Crippen molar-refractivity contribution >= 4 is 11.8 Å². The first-order valence-electron chi connectivity index (χ1n) is 5.07. The monoisotopic (exact) mass is 198 g/mol. The van der Waals surface area contributed by atoms with Gasteiger partial charge < -0.3 is 10.2 Å². The average molecular weight is 198 g/mol. The third kappa shape index (κ3) is 2.25. The number of carbonyl (C=O) groups excluding carboxylic acids is 2. The molecule has 0 saturated carbocycles. The lowest BCUT2D eigenvalue weighted by Gasteiger charge is -2.28. The van der Waals surface area contributed by atoms with Gasteiger partial charge in [-0.1, -0.05) is 6.92 Å². The molecule has 0 aromatic carbocycles. The Morgan fingerprint density at radius 2 is 2.07 bits per heavy atom. The van der Waals surface area contributed by atoms with E-state index >= 15 is 0 Å². The van der Waals surface area contributed by atoms with Crippen LogP contribution in [0.3, 0.4) is 0 Å². The van der Waals surface area contributed by atoms with E-state index in [9.17, 15) is 9.59 Å². The molecule has 1 saturated heterocycles. The summed E-state index contributed by atoms with van der Waals surface area (Å²) in [7, 11) is 0. The van der Waals surface area contributed by atoms with Crippen LogP contribution in [0.4, 0.5) is 0 Å². The normalized spacial score (nSPS) is 21.8. The van der Waals surface area contributed by atoms with E-state index in [0.29, 0.717) is 13.0 Å². The van der Waals surface area contributed by atoms with E-state index in [0.717, 1.165) is 13.0 Å². The Kier molecular flexibility index (Phi) is 3.13. The molecule has 1 heterocycles. The number of amides is 2. The van der Waals surface area contributed by atoms with Crippen LogP contribution in [0.2, 0.25) is 0 Å². The van der Waals surface area contributed by atoms with Gasteiger partial charge >= 0.3 is 0 Å². The molecule has 0 aliphatic carbocycles. The van der Waals surface area contributed by atoms with Crippen molar-refractivity contribution in [2.75, 3.05) is 13.1 Å². The summed E-state index contributed by atoms with van der Waals surface area (Å²) >= 11 is 0. The zero-order chi connectivity index (χ0) is 10.8. The van der Waals surface area contributed by atoms with E-state index in [-0.39, 0.29) is 11.8 Å². The highest BCUT2D eigenvalue weighted by molar-refractivity contribution is 5.92. The summed E-state index contributed by atoms with van der Waals surface area (Å²) < 4.78 is 0. The van der Waals surface area contributed by atoms with Crippen molar-refractivity contribution in [3.63, 3.8) is 0 Å². The van der Waals surface area contributed by atoms with E-state index < -0.39 is 5.54 Å². The van der Waals surface area contributed by atoms with Gasteiger partial charge in [0.15, 0.2) is 0 Å². The van der Waals surface area contributed by atoms with Crippen molar-refractivity contribution in [2.45, 2.75) is 39.2 Å². The zero-order valence-electron chi connectivity index (χ0n) is 9.09. The van der Waals surface area contributed by atoms with E-state index in [1.165, 1.54) is 0 Å². The molecule has 4 nitrogen and oxygen atoms in total. The van der Waals surface area contributed by atoms with Gasteiger partial charge in [0.05, 0.1) is 0 Å². The Balaban J connectivity index is 2.80. The van der Waals surface area contributed by atoms with Gasteiger partial charge in [0.2, 0.25) is 11.8 Å². The molecule has 1 N–H and O–H groups in total. The topological polar surface area (TPSA) is 49.4 Å². The quantitative estimate of drug-likeness (QED) is 0.703. The lowest BCUT2D eigenvalue weighted by molar-refractivity contribution is -0.137. The van der Waals surface area contributed by atoms with Gasteiger partial charge in [-0.05, 0) is 20.3 Å². The summed E-state index contributed by atoms with van der Waals surface area (Å²) in [5, 5.41) is 2.73. The summed E-state index contributed by atoms with van der Waals surface area (Å²) in [5.74, 6) is -0.0212. The first-order valence-corrected chi connectivity index (χ1v) is 5.07. The maximum Gasteiger partial charge on any atom is 0.247 e. The molecular weight excluding hydrogens is 180 g/mol. The van der Waals surface area contributed by atoms with E-state index in [2.05, 4.69) is 5.32 Å². The summed E-state index contributed by atoms with van der Waals surface area (Å²) in [4.78, 5) is 25.0. The molecule has 0 atom stereocenters. The predicted molar refractivity (Wildman–Crippen MR) is 53.7 cm³/mol. The number of rotatable bonds is 2. The summed E-state index contributed by atoms with van der Waals surface area (Å²) in [6, 6.07) is 0. The first-order chi connectivity index (χ1) is 6.47. The Morgan fingerprint density at radius 1 is 1.43 bits per heavy atom. The van der Waals surface area contributed by atoms with Crippen LogP contribution in [-0.4, -0.2) is 35.3 Å². The Bertz CT molecular complexity index is 249. The van der Waals surface area contributed by atoms with Crippen LogP contribution in [-0.2, 0) is 9.59 Å². The highest BCUT2D eigenvalue weighted by Crippen LogP contribution is 2.13. The second kappa shape index (κ2) is 3.98. The molecule has 14 heavy (non-hydrogen) atoms. The van der Waals surface area contributed by atoms with Crippen LogP contribution in [0.25, 0.3) is 0 Å². The minimum absolute atomic E-state index is 0.0187. The molecule has 0 aromatic rings. The second-order valence-electron chi connectivity index (χ2n) is 4.22. The molecule has 1 rings (SSSR count). The van der Waals surface area contributed by atoms with Gasteiger partial charge in [0.25, 0.3) is 0 Å². The van der Waals surface area contributed by atoms with Crippen molar-refractivity contribution in [3.8, 4) is 0 Å². The predicted octanol–water partition coefficient (Wildman–Crippen LogP) is 0.523. The molecule has 0 unspecified atom stereocenters. The van der Waals surface area contributed by atoms with Crippen LogP contribution in [0.1, 0.15) is 33.6 Å². The van der Waals surface area contributed by atoms with Crippen LogP contribution < -0.4 is 5.32 Å². The largest absolute Gasteiger partial charge is 0.342 e. The van der Waals surface area contributed by atoms with Gasteiger partial charge in [-0.2, -0.15) is 0 Å². The van der Waals surface area contributed by atoms with Gasteiger partial charge in [-0.3, -0.25) is 9.59 Å². The number of hydrogen-bond acceptors (Lipinski definition) is 2. The Labute approximate surface area is 84.7 Å². The minimum atomic E-state index is -0.747. The average Bonchev–Trinajstić information content (AvgIpc) is 2.17. The number of nitrogens with zero attached hydrogens (tertiary/aromatic N) is 1. The fourth-order valence-corrected chi connectivity index (χ4v) is 1.68. The SMILES string of the molecule is CCCN1CCC(=O)NC(C)(C)C1=O. The molecule has 4 heteroatoms. The van der Waals surface area contributed by atoms with Crippen LogP contribution >= 0.6 is 0 Å². The number of nitrogens with one attached hydrogen (secondary N) is 1. The molecular formula is C10H18N2O2. The molecule has 0 bridgehead atoms. The Hall–Kier alpha value is -1.06. The summed E-state index contributed by atoms with van der Waals surface area (Å²) in [6.45, 7) is 6.81. The smallest absolute Gasteiger partial charge is 0.247 e. The minimum Gasteiger partial charge on any atom is -0.342 e. The van der Waals surface area contributed by atoms with Gasteiger partial charge in [-0.15, -0.1) is 0 Å². The molecule has 1 aliphatic rings. The maximum absolute atomic E-state index is 11.9. The zero-order valence-corrected chi connectivity index (χ0v) is 9.09. The van der Waals surface area contributed by atoms with E-state index in [1.54, 1.807) is 18.7 Å². The molecule has 0 radical (unpaired) electrons. The third-order valence-corrected chi connectivity index (χ3v) is 2.38. The van der Waals surface area contributed by atoms with Crippen molar-refractivity contribution < 1.29 is 9.59 Å². The lowest BCUT2D eigenvalue weighted by Crippen LogP contribution is -2.52. The van der Waals surface area contributed by atoms with Crippen LogP contribution in [0, 0.1) is 0 Å². The summed E-state index contributed by atoms with van der Waals surface area (Å²) in [6.07, 6.45) is 1.34. The standard InChI is InChI=1S/C10H18N2O2/c1-4-6-12-7-5-8(13)11-10(2,3)9(12)14/h4-7H2,1-3H3,(H,11,13). The molecule has 80 valence electrons. The fraction of sp³-hybridized carbons (Fsp3) is 0.800. The highest BCUT2D eigenvalue weighted by atomic mass is 16.2. The number of hydrogen-bond donors (Lipinski definition) is 1. The molecule has 0 spiro atoms. The fourth-order valence-electron chi connectivity index (χ4n) is 1.68. The van der Waals surface area contributed by atoms with Gasteiger partial charge in [-0.25, -0.2) is 0 Å².